The molecule has 140 valence electrons. The van der Waals surface area contributed by atoms with Crippen molar-refractivity contribution in [1.29, 1.82) is 0 Å². The lowest BCUT2D eigenvalue weighted by molar-refractivity contribution is 0.0524. The zero-order chi connectivity index (χ0) is 19.6. The van der Waals surface area contributed by atoms with E-state index in [2.05, 4.69) is 15.9 Å². The van der Waals surface area contributed by atoms with Crippen molar-refractivity contribution in [1.82, 2.24) is 4.57 Å². The molecule has 0 radical (unpaired) electrons. The van der Waals surface area contributed by atoms with Gasteiger partial charge in [-0.3, -0.25) is 4.79 Å². The molecule has 0 bridgehead atoms. The number of benzene rings is 2. The molecule has 1 aromatic heterocycles. The Balaban J connectivity index is 2.16. The molecule has 0 N–H and O–H groups in total. The van der Waals surface area contributed by atoms with Crippen LogP contribution in [-0.4, -0.2) is 24.3 Å². The van der Waals surface area contributed by atoms with Crippen molar-refractivity contribution in [2.45, 2.75) is 13.5 Å². The Hall–Kier alpha value is -2.67. The van der Waals surface area contributed by atoms with E-state index in [0.717, 1.165) is 4.47 Å². The number of esters is 1. The average molecular weight is 434 g/mol. The minimum absolute atomic E-state index is 0.0589. The van der Waals surface area contributed by atoms with E-state index < -0.39 is 17.2 Å². The van der Waals surface area contributed by atoms with Crippen LogP contribution in [0.25, 0.3) is 10.9 Å². The third-order valence-electron chi connectivity index (χ3n) is 4.11. The van der Waals surface area contributed by atoms with Crippen molar-refractivity contribution in [3.63, 3.8) is 0 Å². The lowest BCUT2D eigenvalue weighted by Gasteiger charge is -2.14. The standard InChI is InChI=1S/C20H17BrFNO4/c1-3-27-20(25)15-11-23(10-12-4-7-18(26-2)16(22)8-12)17-6-5-13(21)9-14(17)19(15)24/h4-9,11H,3,10H2,1-2H3. The van der Waals surface area contributed by atoms with E-state index in [1.165, 1.54) is 25.4 Å². The van der Waals surface area contributed by atoms with Crippen LogP contribution in [-0.2, 0) is 11.3 Å². The van der Waals surface area contributed by atoms with Crippen LogP contribution in [0.2, 0.25) is 0 Å². The van der Waals surface area contributed by atoms with E-state index >= 15 is 0 Å². The molecule has 0 spiro atoms. The van der Waals surface area contributed by atoms with Crippen LogP contribution in [0.15, 0.2) is 51.9 Å². The summed E-state index contributed by atoms with van der Waals surface area (Å²) in [5.41, 5.74) is 0.835. The maximum absolute atomic E-state index is 14.0. The first kappa shape index (κ1) is 19.1. The largest absolute Gasteiger partial charge is 0.494 e. The van der Waals surface area contributed by atoms with E-state index in [1.807, 2.05) is 0 Å². The Morgan fingerprint density at radius 2 is 2.00 bits per heavy atom. The first-order chi connectivity index (χ1) is 12.9. The summed E-state index contributed by atoms with van der Waals surface area (Å²) in [7, 11) is 1.40. The Labute approximate surface area is 163 Å². The van der Waals surface area contributed by atoms with Crippen LogP contribution >= 0.6 is 15.9 Å². The van der Waals surface area contributed by atoms with Crippen LogP contribution in [0, 0.1) is 5.82 Å². The van der Waals surface area contributed by atoms with Crippen molar-refractivity contribution in [2.24, 2.45) is 0 Å². The molecule has 5 nitrogen and oxygen atoms in total. The number of ether oxygens (including phenoxy) is 2. The lowest BCUT2D eigenvalue weighted by Crippen LogP contribution is -2.21. The summed E-state index contributed by atoms with van der Waals surface area (Å²) in [6.07, 6.45) is 1.46. The molecule has 27 heavy (non-hydrogen) atoms. The number of hydrogen-bond donors (Lipinski definition) is 0. The van der Waals surface area contributed by atoms with Crippen LogP contribution in [0.1, 0.15) is 22.8 Å². The van der Waals surface area contributed by atoms with Gasteiger partial charge in [0.05, 0.1) is 19.2 Å². The molecule has 0 fully saturated rings. The van der Waals surface area contributed by atoms with Crippen LogP contribution in [0.4, 0.5) is 4.39 Å². The van der Waals surface area contributed by atoms with Crippen molar-refractivity contribution >= 4 is 32.8 Å². The van der Waals surface area contributed by atoms with E-state index in [0.29, 0.717) is 16.5 Å². The number of halogens is 2. The highest BCUT2D eigenvalue weighted by Crippen LogP contribution is 2.22. The minimum atomic E-state index is -0.681. The van der Waals surface area contributed by atoms with Gasteiger partial charge in [-0.25, -0.2) is 9.18 Å². The van der Waals surface area contributed by atoms with Gasteiger partial charge in [0.1, 0.15) is 5.56 Å². The highest BCUT2D eigenvalue weighted by molar-refractivity contribution is 9.10. The fraction of sp³-hybridized carbons (Fsp3) is 0.200. The fourth-order valence-corrected chi connectivity index (χ4v) is 3.22. The number of aromatic nitrogens is 1. The van der Waals surface area contributed by atoms with E-state index in [9.17, 15) is 14.0 Å². The molecule has 3 rings (SSSR count). The smallest absolute Gasteiger partial charge is 0.343 e. The SMILES string of the molecule is CCOC(=O)c1cn(Cc2ccc(OC)c(F)c2)c2ccc(Br)cc2c1=O. The Morgan fingerprint density at radius 3 is 2.67 bits per heavy atom. The molecule has 0 aliphatic carbocycles. The molecule has 3 aromatic rings. The van der Waals surface area contributed by atoms with Gasteiger partial charge in [0, 0.05) is 22.6 Å². The van der Waals surface area contributed by atoms with Crippen LogP contribution < -0.4 is 10.2 Å². The van der Waals surface area contributed by atoms with Crippen molar-refractivity contribution < 1.29 is 18.7 Å². The van der Waals surface area contributed by atoms with Gasteiger partial charge in [-0.15, -0.1) is 0 Å². The minimum Gasteiger partial charge on any atom is -0.494 e. The highest BCUT2D eigenvalue weighted by atomic mass is 79.9. The summed E-state index contributed by atoms with van der Waals surface area (Å²) < 4.78 is 26.4. The summed E-state index contributed by atoms with van der Waals surface area (Å²) >= 11 is 3.35. The molecule has 2 aromatic carbocycles. The van der Waals surface area contributed by atoms with E-state index in [1.54, 1.807) is 35.8 Å². The number of carbonyl (C=O) groups excluding carboxylic acids is 1. The number of nitrogens with zero attached hydrogens (tertiary/aromatic N) is 1. The predicted octanol–water partition coefficient (Wildman–Crippen LogP) is 4.14. The van der Waals surface area contributed by atoms with E-state index in [4.69, 9.17) is 9.47 Å². The topological polar surface area (TPSA) is 57.5 Å². The Kier molecular flexibility index (Phi) is 5.60. The second-order valence-corrected chi connectivity index (χ2v) is 6.77. The van der Waals surface area contributed by atoms with E-state index in [-0.39, 0.29) is 24.5 Å². The summed E-state index contributed by atoms with van der Waals surface area (Å²) in [6, 6.07) is 9.87. The molecule has 0 amide bonds. The maximum Gasteiger partial charge on any atom is 0.343 e. The zero-order valence-electron chi connectivity index (χ0n) is 14.8. The van der Waals surface area contributed by atoms with Gasteiger partial charge in [0.15, 0.2) is 11.6 Å². The molecule has 0 atom stereocenters. The molecule has 0 saturated heterocycles. The summed E-state index contributed by atoms with van der Waals surface area (Å²) in [5, 5.41) is 0.379. The normalized spacial score (nSPS) is 10.8. The van der Waals surface area contributed by atoms with Crippen molar-refractivity contribution in [2.75, 3.05) is 13.7 Å². The quantitative estimate of drug-likeness (QED) is 0.567. The zero-order valence-corrected chi connectivity index (χ0v) is 16.4. The molecule has 0 aliphatic rings. The second kappa shape index (κ2) is 7.92. The van der Waals surface area contributed by atoms with Gasteiger partial charge in [-0.2, -0.15) is 0 Å². The monoisotopic (exact) mass is 433 g/mol. The molecule has 0 aliphatic heterocycles. The third-order valence-corrected chi connectivity index (χ3v) is 4.60. The average Bonchev–Trinajstić information content (AvgIpc) is 2.64. The number of hydrogen-bond acceptors (Lipinski definition) is 4. The van der Waals surface area contributed by atoms with Gasteiger partial charge in [-0.1, -0.05) is 22.0 Å². The lowest BCUT2D eigenvalue weighted by atomic mass is 10.1. The predicted molar refractivity (Wildman–Crippen MR) is 104 cm³/mol. The third kappa shape index (κ3) is 3.88. The van der Waals surface area contributed by atoms with Gasteiger partial charge in [-0.05, 0) is 42.8 Å². The highest BCUT2D eigenvalue weighted by Gasteiger charge is 2.17. The number of rotatable bonds is 5. The first-order valence-electron chi connectivity index (χ1n) is 8.26. The van der Waals surface area contributed by atoms with Crippen molar-refractivity contribution in [3.05, 3.63) is 74.2 Å². The van der Waals surface area contributed by atoms with Crippen LogP contribution in [0.5, 0.6) is 5.75 Å². The second-order valence-electron chi connectivity index (χ2n) is 5.85. The number of pyridine rings is 1. The van der Waals surface area contributed by atoms with Crippen molar-refractivity contribution in [3.8, 4) is 5.75 Å². The molecule has 0 saturated carbocycles. The summed E-state index contributed by atoms with van der Waals surface area (Å²) in [6.45, 7) is 2.11. The molecular weight excluding hydrogens is 417 g/mol. The number of fused-ring (bicyclic) bond motifs is 1. The molecular formula is C20H17BrFNO4. The van der Waals surface area contributed by atoms with Gasteiger partial charge in [0.25, 0.3) is 0 Å². The molecule has 7 heteroatoms. The summed E-state index contributed by atoms with van der Waals surface area (Å²) in [4.78, 5) is 24.9. The number of carbonyl (C=O) groups is 1. The first-order valence-corrected chi connectivity index (χ1v) is 9.06. The fourth-order valence-electron chi connectivity index (χ4n) is 2.86. The van der Waals surface area contributed by atoms with Gasteiger partial charge in [0.2, 0.25) is 5.43 Å². The molecule has 1 heterocycles. The van der Waals surface area contributed by atoms with Crippen LogP contribution in [0.3, 0.4) is 0 Å². The van der Waals surface area contributed by atoms with Gasteiger partial charge < -0.3 is 14.0 Å². The Morgan fingerprint density at radius 1 is 1.22 bits per heavy atom. The Bertz CT molecular complexity index is 1080. The van der Waals surface area contributed by atoms with Gasteiger partial charge >= 0.3 is 5.97 Å². The maximum atomic E-state index is 14.0. The molecule has 0 unspecified atom stereocenters. The summed E-state index contributed by atoms with van der Waals surface area (Å²) in [5.74, 6) is -1.01. The number of methoxy groups -OCH3 is 1.